The second-order valence-corrected chi connectivity index (χ2v) is 9.10. The minimum atomic E-state index is -1.44. The zero-order valence-electron chi connectivity index (χ0n) is 19.6. The third kappa shape index (κ3) is 4.51. The van der Waals surface area contributed by atoms with Gasteiger partial charge in [0.15, 0.2) is 6.10 Å². The summed E-state index contributed by atoms with van der Waals surface area (Å²) in [5.74, 6) is -1.71. The van der Waals surface area contributed by atoms with Crippen LogP contribution in [0.15, 0.2) is 51.8 Å². The molecule has 2 aromatic carbocycles. The number of hydrogen-bond donors (Lipinski definition) is 3. The molecule has 2 atom stereocenters. The minimum absolute atomic E-state index is 0.0452. The van der Waals surface area contributed by atoms with Crippen LogP contribution < -0.4 is 20.8 Å². The zero-order chi connectivity index (χ0) is 25.4. The average Bonchev–Trinajstić information content (AvgIpc) is 3.25. The van der Waals surface area contributed by atoms with Gasteiger partial charge in [-0.05, 0) is 74.1 Å². The van der Waals surface area contributed by atoms with E-state index < -0.39 is 24.0 Å². The van der Waals surface area contributed by atoms with Crippen LogP contribution in [0.3, 0.4) is 0 Å². The second kappa shape index (κ2) is 9.41. The first kappa shape index (κ1) is 23.5. The van der Waals surface area contributed by atoms with Crippen molar-refractivity contribution < 1.29 is 29.0 Å². The number of rotatable bonds is 7. The van der Waals surface area contributed by atoms with Gasteiger partial charge < -0.3 is 34.5 Å². The molecule has 1 aliphatic rings. The molecule has 0 spiro atoms. The third-order valence-corrected chi connectivity index (χ3v) is 6.65. The number of phenolic OH excluding ortho intramolecular Hbond substituents is 1. The first-order valence-corrected chi connectivity index (χ1v) is 11.9. The van der Waals surface area contributed by atoms with Crippen molar-refractivity contribution in [3.05, 3.63) is 69.7 Å². The number of aromatic nitrogens is 1. The van der Waals surface area contributed by atoms with Gasteiger partial charge in [0.25, 0.3) is 5.91 Å². The van der Waals surface area contributed by atoms with Gasteiger partial charge in [-0.3, -0.25) is 4.79 Å². The average molecular weight is 490 g/mol. The van der Waals surface area contributed by atoms with E-state index in [9.17, 15) is 24.6 Å². The van der Waals surface area contributed by atoms with Crippen LogP contribution in [0.5, 0.6) is 11.5 Å². The quantitative estimate of drug-likeness (QED) is 0.337. The monoisotopic (exact) mass is 489 g/mol. The highest BCUT2D eigenvalue weighted by Gasteiger charge is 2.23. The summed E-state index contributed by atoms with van der Waals surface area (Å²) in [6.45, 7) is 1.50. The molecular weight excluding hydrogens is 464 g/mol. The predicted molar refractivity (Wildman–Crippen MR) is 130 cm³/mol. The summed E-state index contributed by atoms with van der Waals surface area (Å²) in [5, 5.41) is 25.5. The molecule has 0 fully saturated rings. The number of aryl methyl sites for hydroxylation is 1. The molecule has 5 rings (SSSR count). The summed E-state index contributed by atoms with van der Waals surface area (Å²) in [6, 6.07) is 8.50. The molecule has 0 saturated carbocycles. The Kier molecular flexibility index (Phi) is 6.13. The van der Waals surface area contributed by atoms with Crippen LogP contribution in [0, 0.1) is 0 Å². The van der Waals surface area contributed by atoms with Crippen molar-refractivity contribution in [2.24, 2.45) is 0 Å². The fourth-order valence-corrected chi connectivity index (χ4v) is 4.79. The lowest BCUT2D eigenvalue weighted by atomic mass is 9.91. The molecule has 1 amide bonds. The molecule has 3 N–H and O–H groups in total. The molecular formula is C27H25N2O7-. The minimum Gasteiger partial charge on any atom is -0.548 e. The Bertz CT molecular complexity index is 1530. The van der Waals surface area contributed by atoms with Gasteiger partial charge >= 0.3 is 5.63 Å². The molecule has 186 valence electrons. The van der Waals surface area contributed by atoms with Crippen molar-refractivity contribution >= 4 is 33.7 Å². The normalized spacial score (nSPS) is 14.8. The number of fused-ring (bicyclic) bond motifs is 4. The molecule has 0 radical (unpaired) electrons. The van der Waals surface area contributed by atoms with Crippen molar-refractivity contribution in [3.63, 3.8) is 0 Å². The van der Waals surface area contributed by atoms with Crippen LogP contribution in [0.4, 0.5) is 0 Å². The first-order chi connectivity index (χ1) is 17.3. The van der Waals surface area contributed by atoms with E-state index in [1.54, 1.807) is 24.4 Å². The van der Waals surface area contributed by atoms with Gasteiger partial charge in [0.1, 0.15) is 17.1 Å². The number of carboxylic acid groups (broad SMARTS) is 1. The largest absolute Gasteiger partial charge is 0.548 e. The van der Waals surface area contributed by atoms with E-state index in [1.807, 2.05) is 6.07 Å². The number of carboxylic acids is 1. The van der Waals surface area contributed by atoms with Gasteiger partial charge in [-0.25, -0.2) is 4.79 Å². The number of aromatic amines is 1. The lowest BCUT2D eigenvalue weighted by Crippen LogP contribution is -2.52. The van der Waals surface area contributed by atoms with Crippen LogP contribution in [0.25, 0.3) is 21.9 Å². The van der Waals surface area contributed by atoms with Crippen LogP contribution in [0.1, 0.15) is 36.5 Å². The maximum atomic E-state index is 12.8. The lowest BCUT2D eigenvalue weighted by Gasteiger charge is -2.22. The fraction of sp³-hybridized carbons (Fsp3) is 0.296. The van der Waals surface area contributed by atoms with Crippen LogP contribution in [-0.2, 0) is 28.9 Å². The predicted octanol–water partition coefficient (Wildman–Crippen LogP) is 2.10. The molecule has 0 bridgehead atoms. The Morgan fingerprint density at radius 1 is 1.14 bits per heavy atom. The van der Waals surface area contributed by atoms with Gasteiger partial charge in [-0.15, -0.1) is 0 Å². The SMILES string of the molecule is C[C@H](Oc1ccc2c3c(c(=O)oc2c1)CCCC3)C(=O)N[C@H](Cc1c[nH]c2ccc(O)cc12)C(=O)[O-]. The van der Waals surface area contributed by atoms with Crippen LogP contribution in [0.2, 0.25) is 0 Å². The van der Waals surface area contributed by atoms with Gasteiger partial charge in [0, 0.05) is 40.5 Å². The number of carbonyl (C=O) groups excluding carboxylic acids is 2. The Balaban J connectivity index is 1.31. The van der Waals surface area contributed by atoms with Gasteiger partial charge in [-0.2, -0.15) is 0 Å². The van der Waals surface area contributed by atoms with E-state index >= 15 is 0 Å². The van der Waals surface area contributed by atoms with Crippen molar-refractivity contribution in [2.45, 2.75) is 51.2 Å². The number of aromatic hydroxyl groups is 1. The Hall–Kier alpha value is -4.27. The van der Waals surface area contributed by atoms with Crippen molar-refractivity contribution in [1.29, 1.82) is 0 Å². The smallest absolute Gasteiger partial charge is 0.339 e. The maximum Gasteiger partial charge on any atom is 0.339 e. The van der Waals surface area contributed by atoms with Crippen molar-refractivity contribution in [3.8, 4) is 11.5 Å². The third-order valence-electron chi connectivity index (χ3n) is 6.65. The summed E-state index contributed by atoms with van der Waals surface area (Å²) in [4.78, 5) is 39.9. The summed E-state index contributed by atoms with van der Waals surface area (Å²) >= 11 is 0. The van der Waals surface area contributed by atoms with Gasteiger partial charge in [0.05, 0.1) is 12.0 Å². The van der Waals surface area contributed by atoms with E-state index in [1.165, 1.54) is 19.1 Å². The standard InChI is InChI=1S/C27H26N2O7/c1-14(35-17-7-8-19-18-4-2-3-5-20(18)27(34)36-24(19)12-17)25(31)29-23(26(32)33)10-15-13-28-22-9-6-16(30)11-21(15)22/h6-9,11-14,23,28,30H,2-5,10H2,1H3,(H,29,31)(H,32,33)/p-1/t14-,23+/m0/s1. The Labute approximate surface area is 205 Å². The number of hydrogen-bond acceptors (Lipinski definition) is 7. The number of phenols is 1. The highest BCUT2D eigenvalue weighted by Crippen LogP contribution is 2.29. The summed E-state index contributed by atoms with van der Waals surface area (Å²) in [6.07, 6.45) is 4.07. The molecule has 2 aromatic heterocycles. The van der Waals surface area contributed by atoms with E-state index in [0.717, 1.165) is 41.3 Å². The Morgan fingerprint density at radius 3 is 2.69 bits per heavy atom. The summed E-state index contributed by atoms with van der Waals surface area (Å²) < 4.78 is 11.2. The molecule has 1 aliphatic carbocycles. The molecule has 36 heavy (non-hydrogen) atoms. The van der Waals surface area contributed by atoms with E-state index in [4.69, 9.17) is 9.15 Å². The van der Waals surface area contributed by atoms with Crippen molar-refractivity contribution in [2.75, 3.05) is 0 Å². The number of H-pyrrole nitrogens is 1. The summed E-state index contributed by atoms with van der Waals surface area (Å²) in [7, 11) is 0. The fourth-order valence-electron chi connectivity index (χ4n) is 4.79. The van der Waals surface area contributed by atoms with Crippen molar-refractivity contribution in [1.82, 2.24) is 10.3 Å². The number of nitrogens with one attached hydrogen (secondary N) is 2. The highest BCUT2D eigenvalue weighted by atomic mass is 16.5. The van der Waals surface area contributed by atoms with Crippen LogP contribution >= 0.6 is 0 Å². The molecule has 0 aliphatic heterocycles. The van der Waals surface area contributed by atoms with E-state index in [-0.39, 0.29) is 17.8 Å². The lowest BCUT2D eigenvalue weighted by molar-refractivity contribution is -0.308. The molecule has 0 unspecified atom stereocenters. The number of amides is 1. The molecule has 4 aromatic rings. The van der Waals surface area contributed by atoms with Crippen LogP contribution in [-0.4, -0.2) is 34.1 Å². The maximum absolute atomic E-state index is 12.8. The highest BCUT2D eigenvalue weighted by molar-refractivity contribution is 5.88. The Morgan fingerprint density at radius 2 is 1.92 bits per heavy atom. The first-order valence-electron chi connectivity index (χ1n) is 11.9. The van der Waals surface area contributed by atoms with E-state index in [2.05, 4.69) is 10.3 Å². The molecule has 9 nitrogen and oxygen atoms in total. The summed E-state index contributed by atoms with van der Waals surface area (Å²) in [5.41, 5.74) is 3.12. The topological polar surface area (TPSA) is 145 Å². The number of carbonyl (C=O) groups is 2. The van der Waals surface area contributed by atoms with Gasteiger partial charge in [0.2, 0.25) is 0 Å². The molecule has 2 heterocycles. The number of ether oxygens (including phenoxy) is 1. The van der Waals surface area contributed by atoms with E-state index in [0.29, 0.717) is 28.7 Å². The second-order valence-electron chi connectivity index (χ2n) is 9.10. The number of aliphatic carboxylic acids is 1. The van der Waals surface area contributed by atoms with Gasteiger partial charge in [-0.1, -0.05) is 0 Å². The molecule has 0 saturated heterocycles. The molecule has 9 heteroatoms. The number of benzene rings is 2. The zero-order valence-corrected chi connectivity index (χ0v) is 19.6.